The van der Waals surface area contributed by atoms with Gasteiger partial charge in [-0.25, -0.2) is 4.39 Å². The van der Waals surface area contributed by atoms with E-state index in [0.29, 0.717) is 36.2 Å². The number of carboxylic acid groups (broad SMARTS) is 1. The predicted molar refractivity (Wildman–Crippen MR) is 170 cm³/mol. The lowest BCUT2D eigenvalue weighted by Crippen LogP contribution is -2.22. The minimum Gasteiger partial charge on any atom is -0.497 e. The molecule has 1 saturated carbocycles. The molecule has 5 rings (SSSR count). The van der Waals surface area contributed by atoms with Crippen LogP contribution in [0, 0.1) is 17.2 Å². The summed E-state index contributed by atoms with van der Waals surface area (Å²) in [6, 6.07) is 28.5. The second-order valence-electron chi connectivity index (χ2n) is 12.7. The molecular formula is C38H41FO5. The highest BCUT2D eigenvalue weighted by molar-refractivity contribution is 5.71. The highest BCUT2D eigenvalue weighted by Gasteiger charge is 2.34. The Morgan fingerprint density at radius 1 is 0.864 bits per heavy atom. The number of aliphatic carboxylic acids is 1. The van der Waals surface area contributed by atoms with Crippen molar-refractivity contribution in [3.63, 3.8) is 0 Å². The van der Waals surface area contributed by atoms with Gasteiger partial charge in [-0.15, -0.1) is 0 Å². The van der Waals surface area contributed by atoms with Crippen LogP contribution in [-0.2, 0) is 22.7 Å². The summed E-state index contributed by atoms with van der Waals surface area (Å²) < 4.78 is 33.6. The number of halogens is 1. The summed E-state index contributed by atoms with van der Waals surface area (Å²) in [6.45, 7) is 7.07. The average molecular weight is 597 g/mol. The van der Waals surface area contributed by atoms with E-state index < -0.39 is 5.97 Å². The summed E-state index contributed by atoms with van der Waals surface area (Å²) in [7, 11) is 1.57. The van der Waals surface area contributed by atoms with Crippen LogP contribution >= 0.6 is 0 Å². The van der Waals surface area contributed by atoms with Crippen LogP contribution in [0.25, 0.3) is 11.1 Å². The Kier molecular flexibility index (Phi) is 9.70. The molecule has 0 heterocycles. The van der Waals surface area contributed by atoms with Crippen molar-refractivity contribution in [2.75, 3.05) is 7.11 Å². The lowest BCUT2D eigenvalue weighted by Gasteiger charge is -2.33. The standard InChI is InChI=1S/C38H41FO5/c1-38(2,3)37(44-23-25-9-6-5-7-10-25)34-19-26(13-17-31(34)33-21-29(42-4)16-18-35(33)39)24-43-30-12-8-11-28(20-30)32(22-36(40)41)27-14-15-27/h5-13,16-21,27,32,37H,14-15,22-24H2,1-4H3,(H,40,41)/t32-,37+/m1/s1. The van der Waals surface area contributed by atoms with Crippen molar-refractivity contribution in [1.82, 2.24) is 0 Å². The van der Waals surface area contributed by atoms with Gasteiger partial charge < -0.3 is 19.3 Å². The van der Waals surface area contributed by atoms with E-state index in [1.54, 1.807) is 19.2 Å². The summed E-state index contributed by atoms with van der Waals surface area (Å²) in [5.74, 6) is 0.555. The Labute approximate surface area is 259 Å². The molecule has 4 aromatic rings. The minimum atomic E-state index is -0.781. The van der Waals surface area contributed by atoms with Crippen molar-refractivity contribution in [3.8, 4) is 22.6 Å². The van der Waals surface area contributed by atoms with Crippen LogP contribution in [-0.4, -0.2) is 18.2 Å². The van der Waals surface area contributed by atoms with Crippen molar-refractivity contribution in [1.29, 1.82) is 0 Å². The Morgan fingerprint density at radius 2 is 1.64 bits per heavy atom. The van der Waals surface area contributed by atoms with Crippen LogP contribution in [0.2, 0.25) is 0 Å². The average Bonchev–Trinajstić information content (AvgIpc) is 3.85. The summed E-state index contributed by atoms with van der Waals surface area (Å²) >= 11 is 0. The first kappa shape index (κ1) is 31.3. The van der Waals surface area contributed by atoms with Gasteiger partial charge in [-0.1, -0.05) is 75.4 Å². The van der Waals surface area contributed by atoms with E-state index in [2.05, 4.69) is 26.8 Å². The van der Waals surface area contributed by atoms with E-state index in [1.807, 2.05) is 66.7 Å². The topological polar surface area (TPSA) is 65.0 Å². The quantitative estimate of drug-likeness (QED) is 0.167. The smallest absolute Gasteiger partial charge is 0.303 e. The zero-order valence-electron chi connectivity index (χ0n) is 25.9. The number of methoxy groups -OCH3 is 1. The second-order valence-corrected chi connectivity index (χ2v) is 12.7. The molecule has 0 spiro atoms. The highest BCUT2D eigenvalue weighted by atomic mass is 19.1. The highest BCUT2D eigenvalue weighted by Crippen LogP contribution is 2.45. The van der Waals surface area contributed by atoms with Gasteiger partial charge in [0.1, 0.15) is 23.9 Å². The van der Waals surface area contributed by atoms with E-state index in [0.717, 1.165) is 40.7 Å². The number of hydrogen-bond acceptors (Lipinski definition) is 4. The van der Waals surface area contributed by atoms with Gasteiger partial charge >= 0.3 is 5.97 Å². The van der Waals surface area contributed by atoms with Crippen molar-refractivity contribution in [2.24, 2.45) is 11.3 Å². The molecule has 0 aromatic heterocycles. The van der Waals surface area contributed by atoms with Crippen molar-refractivity contribution in [2.45, 2.75) is 65.3 Å². The normalized spacial score (nSPS) is 14.6. The molecule has 0 bridgehead atoms. The van der Waals surface area contributed by atoms with Gasteiger partial charge in [0, 0.05) is 5.56 Å². The predicted octanol–water partition coefficient (Wildman–Crippen LogP) is 9.35. The first-order valence-corrected chi connectivity index (χ1v) is 15.2. The van der Waals surface area contributed by atoms with Gasteiger partial charge in [-0.3, -0.25) is 4.79 Å². The zero-order valence-corrected chi connectivity index (χ0v) is 25.9. The third-order valence-corrected chi connectivity index (χ3v) is 8.19. The fourth-order valence-electron chi connectivity index (χ4n) is 5.81. The number of rotatable bonds is 13. The molecule has 6 heteroatoms. The molecule has 230 valence electrons. The van der Waals surface area contributed by atoms with Gasteiger partial charge in [0.15, 0.2) is 0 Å². The Bertz CT molecular complexity index is 1570. The van der Waals surface area contributed by atoms with Gasteiger partial charge in [-0.2, -0.15) is 0 Å². The van der Waals surface area contributed by atoms with Crippen LogP contribution in [0.15, 0.2) is 91.0 Å². The van der Waals surface area contributed by atoms with E-state index in [-0.39, 0.29) is 29.7 Å². The summed E-state index contributed by atoms with van der Waals surface area (Å²) in [5.41, 5.74) is 4.71. The molecule has 44 heavy (non-hydrogen) atoms. The maximum Gasteiger partial charge on any atom is 0.303 e. The van der Waals surface area contributed by atoms with E-state index in [1.165, 1.54) is 6.07 Å². The maximum atomic E-state index is 15.3. The Balaban J connectivity index is 1.47. The minimum absolute atomic E-state index is 0.00555. The number of ether oxygens (including phenoxy) is 3. The SMILES string of the molecule is COc1ccc(F)c(-c2ccc(COc3cccc([C@H](CC(=O)O)C4CC4)c3)cc2[C@H](OCc2ccccc2)C(C)(C)C)c1. The van der Waals surface area contributed by atoms with Crippen molar-refractivity contribution < 1.29 is 28.5 Å². The van der Waals surface area contributed by atoms with Crippen LogP contribution in [0.1, 0.15) is 74.3 Å². The molecule has 0 unspecified atom stereocenters. The second kappa shape index (κ2) is 13.6. The van der Waals surface area contributed by atoms with E-state index in [9.17, 15) is 9.90 Å². The summed E-state index contributed by atoms with van der Waals surface area (Å²) in [6.07, 6.45) is 1.89. The Hall–Kier alpha value is -4.16. The van der Waals surface area contributed by atoms with Gasteiger partial charge in [0.25, 0.3) is 0 Å². The molecule has 0 saturated heterocycles. The molecule has 1 fully saturated rings. The number of carboxylic acids is 1. The lowest BCUT2D eigenvalue weighted by molar-refractivity contribution is -0.137. The monoisotopic (exact) mass is 596 g/mol. The third-order valence-electron chi connectivity index (χ3n) is 8.19. The molecule has 2 atom stereocenters. The zero-order chi connectivity index (χ0) is 31.3. The third kappa shape index (κ3) is 7.86. The number of carbonyl (C=O) groups is 1. The molecule has 1 aliphatic carbocycles. The molecule has 0 aliphatic heterocycles. The summed E-state index contributed by atoms with van der Waals surface area (Å²) in [5, 5.41) is 9.45. The van der Waals surface area contributed by atoms with Gasteiger partial charge in [0.2, 0.25) is 0 Å². The number of hydrogen-bond donors (Lipinski definition) is 1. The maximum absolute atomic E-state index is 15.3. The van der Waals surface area contributed by atoms with Crippen LogP contribution < -0.4 is 9.47 Å². The summed E-state index contributed by atoms with van der Waals surface area (Å²) in [4.78, 5) is 11.5. The van der Waals surface area contributed by atoms with Crippen molar-refractivity contribution >= 4 is 5.97 Å². The van der Waals surface area contributed by atoms with Crippen LogP contribution in [0.3, 0.4) is 0 Å². The molecule has 5 nitrogen and oxygen atoms in total. The van der Waals surface area contributed by atoms with Gasteiger partial charge in [-0.05, 0) is 94.3 Å². The fraction of sp³-hybridized carbons (Fsp3) is 0.342. The van der Waals surface area contributed by atoms with E-state index >= 15 is 4.39 Å². The lowest BCUT2D eigenvalue weighted by atomic mass is 9.81. The molecular weight excluding hydrogens is 555 g/mol. The van der Waals surface area contributed by atoms with E-state index in [4.69, 9.17) is 14.2 Å². The van der Waals surface area contributed by atoms with Crippen molar-refractivity contribution in [3.05, 3.63) is 119 Å². The molecule has 1 aliphatic rings. The largest absolute Gasteiger partial charge is 0.497 e. The molecule has 0 radical (unpaired) electrons. The van der Waals surface area contributed by atoms with Crippen LogP contribution in [0.5, 0.6) is 11.5 Å². The first-order chi connectivity index (χ1) is 21.1. The molecule has 0 amide bonds. The van der Waals surface area contributed by atoms with Crippen LogP contribution in [0.4, 0.5) is 4.39 Å². The van der Waals surface area contributed by atoms with Gasteiger partial charge in [0.05, 0.1) is 26.2 Å². The number of benzene rings is 4. The Morgan fingerprint density at radius 3 is 2.32 bits per heavy atom. The first-order valence-electron chi connectivity index (χ1n) is 15.2. The molecule has 1 N–H and O–H groups in total. The fourth-order valence-corrected chi connectivity index (χ4v) is 5.81. The molecule has 4 aromatic carbocycles.